The second kappa shape index (κ2) is 12.6. The molecule has 0 aromatic heterocycles. The van der Waals surface area contributed by atoms with Gasteiger partial charge in [0.25, 0.3) is 0 Å². The summed E-state index contributed by atoms with van der Waals surface area (Å²) in [6.45, 7) is 10.1. The molecule has 0 spiro atoms. The molecule has 0 radical (unpaired) electrons. The van der Waals surface area contributed by atoms with Gasteiger partial charge in [-0.2, -0.15) is 0 Å². The first-order chi connectivity index (χ1) is 18.6. The molecule has 1 N–H and O–H groups in total. The van der Waals surface area contributed by atoms with E-state index >= 15 is 0 Å². The van der Waals surface area contributed by atoms with Crippen LogP contribution in [-0.4, -0.2) is 42.9 Å². The largest absolute Gasteiger partial charge is 0.508 e. The van der Waals surface area contributed by atoms with Crippen molar-refractivity contribution in [2.75, 3.05) is 37.7 Å². The number of ether oxygens (including phenoxy) is 2. The molecule has 2 atom stereocenters. The minimum absolute atomic E-state index is 0.128. The predicted octanol–water partition coefficient (Wildman–Crippen LogP) is 7.30. The molecule has 1 saturated heterocycles. The van der Waals surface area contributed by atoms with E-state index in [2.05, 4.69) is 72.2 Å². The number of piperidine rings is 1. The number of fused-ring (bicyclic) bond motifs is 1. The Labute approximate surface area is 228 Å². The van der Waals surface area contributed by atoms with E-state index in [9.17, 15) is 5.11 Å². The molecule has 2 aliphatic heterocycles. The summed E-state index contributed by atoms with van der Waals surface area (Å²) in [5.41, 5.74) is 4.89. The maximum absolute atomic E-state index is 10.2. The first kappa shape index (κ1) is 26.4. The van der Waals surface area contributed by atoms with Crippen LogP contribution in [0.4, 0.5) is 5.69 Å². The van der Waals surface area contributed by atoms with Gasteiger partial charge in [-0.1, -0.05) is 51.0 Å². The fourth-order valence-corrected chi connectivity index (χ4v) is 5.90. The minimum Gasteiger partial charge on any atom is -0.508 e. The first-order valence-corrected chi connectivity index (χ1v) is 14.4. The third kappa shape index (κ3) is 6.27. The molecule has 2 aliphatic rings. The molecule has 0 saturated carbocycles. The SMILES string of the molecule is CCCCOc1ccc2c(c1)C(C)C(c1cccc(O)c1)N2Cc1ccc(OCCN2CCCCC2)cc1. The monoisotopic (exact) mass is 514 g/mol. The van der Waals surface area contributed by atoms with Gasteiger partial charge in [0.2, 0.25) is 0 Å². The lowest BCUT2D eigenvalue weighted by atomic mass is 9.91. The van der Waals surface area contributed by atoms with Crippen molar-refractivity contribution < 1.29 is 14.6 Å². The lowest BCUT2D eigenvalue weighted by Gasteiger charge is -2.30. The molecule has 2 unspecified atom stereocenters. The van der Waals surface area contributed by atoms with E-state index in [4.69, 9.17) is 9.47 Å². The van der Waals surface area contributed by atoms with E-state index in [1.54, 1.807) is 6.07 Å². The van der Waals surface area contributed by atoms with Crippen molar-refractivity contribution in [3.05, 3.63) is 83.4 Å². The molecule has 38 heavy (non-hydrogen) atoms. The smallest absolute Gasteiger partial charge is 0.119 e. The molecular weight excluding hydrogens is 472 g/mol. The van der Waals surface area contributed by atoms with Crippen LogP contribution in [0.5, 0.6) is 17.2 Å². The van der Waals surface area contributed by atoms with Crippen molar-refractivity contribution in [3.63, 3.8) is 0 Å². The maximum atomic E-state index is 10.2. The number of phenolic OH excluding ortho intramolecular Hbond substituents is 1. The summed E-state index contributed by atoms with van der Waals surface area (Å²) in [5.74, 6) is 2.44. The Hall–Kier alpha value is -3.18. The van der Waals surface area contributed by atoms with Gasteiger partial charge < -0.3 is 19.5 Å². The lowest BCUT2D eigenvalue weighted by molar-refractivity contribution is 0.183. The zero-order chi connectivity index (χ0) is 26.3. The van der Waals surface area contributed by atoms with Gasteiger partial charge >= 0.3 is 0 Å². The van der Waals surface area contributed by atoms with Crippen LogP contribution in [0.3, 0.4) is 0 Å². The molecule has 202 valence electrons. The molecular formula is C33H42N2O3. The van der Waals surface area contributed by atoms with Gasteiger partial charge in [0.15, 0.2) is 0 Å². The summed E-state index contributed by atoms with van der Waals surface area (Å²) in [4.78, 5) is 4.97. The lowest BCUT2D eigenvalue weighted by Crippen LogP contribution is -2.33. The molecule has 0 bridgehead atoms. The number of hydrogen-bond acceptors (Lipinski definition) is 5. The van der Waals surface area contributed by atoms with Crippen LogP contribution in [0.2, 0.25) is 0 Å². The number of likely N-dealkylation sites (tertiary alicyclic amines) is 1. The number of rotatable bonds is 11. The Balaban J connectivity index is 1.31. The van der Waals surface area contributed by atoms with Crippen molar-refractivity contribution in [3.8, 4) is 17.2 Å². The second-order valence-electron chi connectivity index (χ2n) is 10.8. The molecule has 3 aromatic rings. The molecule has 0 aliphatic carbocycles. The van der Waals surface area contributed by atoms with Crippen LogP contribution in [0.1, 0.15) is 74.6 Å². The van der Waals surface area contributed by atoms with Crippen LogP contribution in [0.25, 0.3) is 0 Å². The molecule has 3 aromatic carbocycles. The molecule has 5 heteroatoms. The average molecular weight is 515 g/mol. The van der Waals surface area contributed by atoms with Crippen LogP contribution >= 0.6 is 0 Å². The van der Waals surface area contributed by atoms with Gasteiger partial charge in [-0.25, -0.2) is 0 Å². The Morgan fingerprint density at radius 1 is 0.868 bits per heavy atom. The third-order valence-electron chi connectivity index (χ3n) is 7.99. The summed E-state index contributed by atoms with van der Waals surface area (Å²) in [6, 6.07) is 22.9. The summed E-state index contributed by atoms with van der Waals surface area (Å²) < 4.78 is 12.1. The zero-order valence-electron chi connectivity index (χ0n) is 22.9. The summed E-state index contributed by atoms with van der Waals surface area (Å²) in [7, 11) is 0. The average Bonchev–Trinajstić information content (AvgIpc) is 3.21. The van der Waals surface area contributed by atoms with Crippen LogP contribution in [0.15, 0.2) is 66.7 Å². The molecule has 1 fully saturated rings. The van der Waals surface area contributed by atoms with Crippen LogP contribution in [0, 0.1) is 0 Å². The molecule has 0 amide bonds. The summed E-state index contributed by atoms with van der Waals surface area (Å²) in [5, 5.41) is 10.2. The first-order valence-electron chi connectivity index (χ1n) is 14.4. The third-order valence-corrected chi connectivity index (χ3v) is 7.99. The summed E-state index contributed by atoms with van der Waals surface area (Å²) in [6.07, 6.45) is 6.16. The van der Waals surface area contributed by atoms with E-state index in [0.717, 1.165) is 56.2 Å². The Morgan fingerprint density at radius 3 is 2.39 bits per heavy atom. The molecule has 5 rings (SSSR count). The topological polar surface area (TPSA) is 45.2 Å². The number of anilines is 1. The predicted molar refractivity (Wildman–Crippen MR) is 155 cm³/mol. The summed E-state index contributed by atoms with van der Waals surface area (Å²) >= 11 is 0. The van der Waals surface area contributed by atoms with E-state index in [1.807, 2.05) is 12.1 Å². The Morgan fingerprint density at radius 2 is 1.63 bits per heavy atom. The van der Waals surface area contributed by atoms with E-state index < -0.39 is 0 Å². The fourth-order valence-electron chi connectivity index (χ4n) is 5.90. The van der Waals surface area contributed by atoms with Gasteiger partial charge in [0, 0.05) is 24.7 Å². The highest BCUT2D eigenvalue weighted by molar-refractivity contribution is 5.65. The van der Waals surface area contributed by atoms with Crippen LogP contribution < -0.4 is 14.4 Å². The molecule has 5 nitrogen and oxygen atoms in total. The van der Waals surface area contributed by atoms with Crippen molar-refractivity contribution >= 4 is 5.69 Å². The van der Waals surface area contributed by atoms with Crippen molar-refractivity contribution in [1.29, 1.82) is 0 Å². The van der Waals surface area contributed by atoms with Gasteiger partial charge in [-0.05, 0) is 91.5 Å². The Kier molecular flexibility index (Phi) is 8.75. The Bertz CT molecular complexity index is 1170. The van der Waals surface area contributed by atoms with E-state index in [-0.39, 0.29) is 12.0 Å². The van der Waals surface area contributed by atoms with Crippen molar-refractivity contribution in [2.24, 2.45) is 0 Å². The highest BCUT2D eigenvalue weighted by Gasteiger charge is 2.37. The fraction of sp³-hybridized carbons (Fsp3) is 0.455. The highest BCUT2D eigenvalue weighted by Crippen LogP contribution is 2.50. The standard InChI is InChI=1S/C33H42N2O3/c1-3-4-20-37-30-15-16-32-31(23-30)25(2)33(27-9-8-10-28(36)22-27)35(32)24-26-11-13-29(14-12-26)38-21-19-34-17-6-5-7-18-34/h8-16,22-23,25,33,36H,3-7,17-21,24H2,1-2H3. The van der Waals surface area contributed by atoms with Crippen LogP contribution in [-0.2, 0) is 6.54 Å². The quantitative estimate of drug-likeness (QED) is 0.272. The highest BCUT2D eigenvalue weighted by atomic mass is 16.5. The number of benzene rings is 3. The van der Waals surface area contributed by atoms with Gasteiger partial charge in [-0.3, -0.25) is 4.90 Å². The van der Waals surface area contributed by atoms with Gasteiger partial charge in [-0.15, -0.1) is 0 Å². The number of unbranched alkanes of at least 4 members (excludes halogenated alkanes) is 1. The van der Waals surface area contributed by atoms with Gasteiger partial charge in [0.1, 0.15) is 23.9 Å². The van der Waals surface area contributed by atoms with Crippen molar-refractivity contribution in [1.82, 2.24) is 4.90 Å². The van der Waals surface area contributed by atoms with E-state index in [0.29, 0.717) is 5.75 Å². The number of aromatic hydroxyl groups is 1. The van der Waals surface area contributed by atoms with Gasteiger partial charge in [0.05, 0.1) is 12.6 Å². The maximum Gasteiger partial charge on any atom is 0.119 e. The number of hydrogen-bond donors (Lipinski definition) is 1. The zero-order valence-corrected chi connectivity index (χ0v) is 22.9. The number of nitrogens with zero attached hydrogens (tertiary/aromatic N) is 2. The van der Waals surface area contributed by atoms with Crippen molar-refractivity contribution in [2.45, 2.75) is 64.5 Å². The second-order valence-corrected chi connectivity index (χ2v) is 10.8. The molecule has 2 heterocycles. The number of phenols is 1. The minimum atomic E-state index is 0.128. The normalized spacial score (nSPS) is 19.4. The van der Waals surface area contributed by atoms with E-state index in [1.165, 1.54) is 49.2 Å².